The Morgan fingerprint density at radius 3 is 2.57 bits per heavy atom. The zero-order valence-corrected chi connectivity index (χ0v) is 15.7. The zero-order chi connectivity index (χ0) is 19.8. The molecule has 2 aliphatic heterocycles. The van der Waals surface area contributed by atoms with Gasteiger partial charge in [-0.15, -0.1) is 0 Å². The fraction of sp³-hybridized carbons (Fsp3) is 0.300. The SMILES string of the molecule is Cc1ccc(C2=NN(C(=O)CN3C(=O)CN(C)C3=O)[C@H](c3ccco3)C2)cc1. The molecule has 8 heteroatoms. The first-order valence-electron chi connectivity index (χ1n) is 8.99. The number of imide groups is 1. The average molecular weight is 380 g/mol. The number of hydrogen-bond acceptors (Lipinski definition) is 5. The van der Waals surface area contributed by atoms with Gasteiger partial charge in [-0.25, -0.2) is 9.80 Å². The fourth-order valence-corrected chi connectivity index (χ4v) is 3.40. The molecule has 0 aliphatic carbocycles. The predicted octanol–water partition coefficient (Wildman–Crippen LogP) is 2.16. The molecule has 1 atom stereocenters. The van der Waals surface area contributed by atoms with Gasteiger partial charge in [-0.2, -0.15) is 5.10 Å². The topological polar surface area (TPSA) is 86.4 Å². The second-order valence-corrected chi connectivity index (χ2v) is 7.00. The van der Waals surface area contributed by atoms with Crippen molar-refractivity contribution >= 4 is 23.6 Å². The summed E-state index contributed by atoms with van der Waals surface area (Å²) in [6.07, 6.45) is 2.04. The Balaban J connectivity index is 1.61. The molecule has 1 saturated heterocycles. The van der Waals surface area contributed by atoms with Gasteiger partial charge in [-0.3, -0.25) is 14.5 Å². The van der Waals surface area contributed by atoms with Crippen molar-refractivity contribution in [3.8, 4) is 0 Å². The molecule has 0 radical (unpaired) electrons. The Bertz CT molecular complexity index is 949. The fourth-order valence-electron chi connectivity index (χ4n) is 3.40. The maximum absolute atomic E-state index is 12.9. The largest absolute Gasteiger partial charge is 0.467 e. The molecule has 144 valence electrons. The minimum absolute atomic E-state index is 0.0222. The number of benzene rings is 1. The molecular formula is C20H20N4O4. The first-order valence-corrected chi connectivity index (χ1v) is 8.99. The van der Waals surface area contributed by atoms with Crippen LogP contribution in [-0.4, -0.2) is 58.5 Å². The van der Waals surface area contributed by atoms with Crippen LogP contribution in [0.3, 0.4) is 0 Å². The standard InChI is InChI=1S/C20H20N4O4/c1-13-5-7-14(8-6-13)15-10-16(17-4-3-9-28-17)24(21-15)19(26)12-23-18(25)11-22(2)20(23)27/h3-9,16H,10-12H2,1-2H3/t16-/m0/s1. The number of carbonyl (C=O) groups is 3. The van der Waals surface area contributed by atoms with Gasteiger partial charge in [-0.1, -0.05) is 29.8 Å². The number of nitrogens with zero attached hydrogens (tertiary/aromatic N) is 4. The third-order valence-electron chi connectivity index (χ3n) is 4.95. The van der Waals surface area contributed by atoms with Crippen LogP contribution in [0.1, 0.15) is 29.3 Å². The number of carbonyl (C=O) groups excluding carboxylic acids is 3. The van der Waals surface area contributed by atoms with E-state index in [2.05, 4.69) is 5.10 Å². The molecule has 1 aromatic heterocycles. The van der Waals surface area contributed by atoms with E-state index in [-0.39, 0.29) is 13.1 Å². The molecule has 8 nitrogen and oxygen atoms in total. The van der Waals surface area contributed by atoms with Crippen LogP contribution in [-0.2, 0) is 9.59 Å². The van der Waals surface area contributed by atoms with Gasteiger partial charge in [0.1, 0.15) is 24.9 Å². The van der Waals surface area contributed by atoms with Gasteiger partial charge in [0.05, 0.1) is 12.0 Å². The first kappa shape index (κ1) is 18.0. The lowest BCUT2D eigenvalue weighted by Gasteiger charge is -2.22. The monoisotopic (exact) mass is 380 g/mol. The van der Waals surface area contributed by atoms with Crippen LogP contribution in [0.5, 0.6) is 0 Å². The molecule has 0 N–H and O–H groups in total. The Morgan fingerprint density at radius 1 is 1.21 bits per heavy atom. The predicted molar refractivity (Wildman–Crippen MR) is 100 cm³/mol. The van der Waals surface area contributed by atoms with Crippen LogP contribution in [0, 0.1) is 6.92 Å². The van der Waals surface area contributed by atoms with Gasteiger partial charge in [-0.05, 0) is 24.6 Å². The Labute approximate surface area is 162 Å². The molecule has 28 heavy (non-hydrogen) atoms. The van der Waals surface area contributed by atoms with Crippen LogP contribution < -0.4 is 0 Å². The number of furan rings is 1. The van der Waals surface area contributed by atoms with Crippen molar-refractivity contribution in [3.63, 3.8) is 0 Å². The van der Waals surface area contributed by atoms with E-state index in [1.54, 1.807) is 18.4 Å². The van der Waals surface area contributed by atoms with Gasteiger partial charge in [0.2, 0.25) is 0 Å². The van der Waals surface area contributed by atoms with Crippen molar-refractivity contribution in [1.29, 1.82) is 0 Å². The van der Waals surface area contributed by atoms with Gasteiger partial charge in [0.15, 0.2) is 0 Å². The van der Waals surface area contributed by atoms with E-state index >= 15 is 0 Å². The summed E-state index contributed by atoms with van der Waals surface area (Å²) in [5.41, 5.74) is 2.81. The number of hydrazone groups is 1. The third-order valence-corrected chi connectivity index (χ3v) is 4.95. The van der Waals surface area contributed by atoms with E-state index in [4.69, 9.17) is 4.42 Å². The number of likely N-dealkylation sites (N-methyl/N-ethyl adjacent to an activating group) is 1. The Morgan fingerprint density at radius 2 is 1.96 bits per heavy atom. The highest BCUT2D eigenvalue weighted by Crippen LogP contribution is 2.33. The second-order valence-electron chi connectivity index (χ2n) is 7.00. The minimum atomic E-state index is -0.477. The molecular weight excluding hydrogens is 360 g/mol. The smallest absolute Gasteiger partial charge is 0.327 e. The molecule has 1 aromatic carbocycles. The van der Waals surface area contributed by atoms with Crippen molar-refractivity contribution in [1.82, 2.24) is 14.8 Å². The van der Waals surface area contributed by atoms with Crippen LogP contribution >= 0.6 is 0 Å². The maximum Gasteiger partial charge on any atom is 0.327 e. The maximum atomic E-state index is 12.9. The summed E-state index contributed by atoms with van der Waals surface area (Å²) in [5.74, 6) is -0.215. The first-order chi connectivity index (χ1) is 13.4. The van der Waals surface area contributed by atoms with Gasteiger partial charge in [0.25, 0.3) is 11.8 Å². The van der Waals surface area contributed by atoms with Crippen molar-refractivity contribution in [3.05, 3.63) is 59.5 Å². The van der Waals surface area contributed by atoms with Crippen molar-refractivity contribution in [2.45, 2.75) is 19.4 Å². The van der Waals surface area contributed by atoms with Gasteiger partial charge >= 0.3 is 6.03 Å². The van der Waals surface area contributed by atoms with E-state index in [0.717, 1.165) is 21.7 Å². The van der Waals surface area contributed by atoms with Crippen LogP contribution in [0.25, 0.3) is 0 Å². The molecule has 0 unspecified atom stereocenters. The zero-order valence-electron chi connectivity index (χ0n) is 15.7. The van der Waals surface area contributed by atoms with Crippen molar-refractivity contribution in [2.24, 2.45) is 5.10 Å². The summed E-state index contributed by atoms with van der Waals surface area (Å²) in [5, 5.41) is 5.84. The summed E-state index contributed by atoms with van der Waals surface area (Å²) in [4.78, 5) is 39.3. The third kappa shape index (κ3) is 3.17. The Hall–Kier alpha value is -3.42. The number of hydrogen-bond donors (Lipinski definition) is 0. The van der Waals surface area contributed by atoms with Crippen molar-refractivity contribution in [2.75, 3.05) is 20.1 Å². The minimum Gasteiger partial charge on any atom is -0.467 e. The quantitative estimate of drug-likeness (QED) is 0.761. The average Bonchev–Trinajstić information content (AvgIpc) is 3.39. The number of amides is 4. The normalized spacial score (nSPS) is 19.6. The van der Waals surface area contributed by atoms with Gasteiger partial charge < -0.3 is 9.32 Å². The summed E-state index contributed by atoms with van der Waals surface area (Å²) in [6.45, 7) is 1.64. The van der Waals surface area contributed by atoms with Crippen LogP contribution in [0.2, 0.25) is 0 Å². The summed E-state index contributed by atoms with van der Waals surface area (Å²) >= 11 is 0. The lowest BCUT2D eigenvalue weighted by Crippen LogP contribution is -2.41. The molecule has 3 heterocycles. The second kappa shape index (κ2) is 6.95. The highest BCUT2D eigenvalue weighted by atomic mass is 16.3. The van der Waals surface area contributed by atoms with E-state index < -0.39 is 23.9 Å². The summed E-state index contributed by atoms with van der Waals surface area (Å²) < 4.78 is 5.51. The molecule has 0 saturated carbocycles. The molecule has 4 amide bonds. The molecule has 0 spiro atoms. The van der Waals surface area contributed by atoms with E-state index in [1.165, 1.54) is 17.0 Å². The lowest BCUT2D eigenvalue weighted by molar-refractivity contribution is -0.138. The highest BCUT2D eigenvalue weighted by Gasteiger charge is 2.40. The number of aryl methyl sites for hydroxylation is 1. The number of urea groups is 1. The van der Waals surface area contributed by atoms with Crippen molar-refractivity contribution < 1.29 is 18.8 Å². The van der Waals surface area contributed by atoms with Crippen LogP contribution in [0.4, 0.5) is 4.79 Å². The molecule has 2 aromatic rings. The molecule has 2 aliphatic rings. The highest BCUT2D eigenvalue weighted by molar-refractivity contribution is 6.06. The molecule has 1 fully saturated rings. The van der Waals surface area contributed by atoms with E-state index in [1.807, 2.05) is 31.2 Å². The van der Waals surface area contributed by atoms with Crippen LogP contribution in [0.15, 0.2) is 52.2 Å². The summed E-state index contributed by atoms with van der Waals surface area (Å²) in [6, 6.07) is 10.6. The van der Waals surface area contributed by atoms with E-state index in [9.17, 15) is 14.4 Å². The summed E-state index contributed by atoms with van der Waals surface area (Å²) in [7, 11) is 1.53. The lowest BCUT2D eigenvalue weighted by atomic mass is 10.0. The Kier molecular flexibility index (Phi) is 4.46. The number of rotatable bonds is 4. The molecule has 4 rings (SSSR count). The molecule has 0 bridgehead atoms. The van der Waals surface area contributed by atoms with Gasteiger partial charge in [0, 0.05) is 13.5 Å². The van der Waals surface area contributed by atoms with E-state index in [0.29, 0.717) is 12.2 Å².